The standard InChI is InChI=1S/C17H22FN3/c1-12-3-4-14(8-16(12)18)7-15-5-6-21(9-15)10-17-13(2)19-11-20-17/h3-4,8,11,15H,5-7,9-10H2,1-2H3,(H,19,20). The van der Waals surface area contributed by atoms with Crippen molar-refractivity contribution in [1.29, 1.82) is 0 Å². The van der Waals surface area contributed by atoms with Crippen LogP contribution in [0.4, 0.5) is 4.39 Å². The van der Waals surface area contributed by atoms with Gasteiger partial charge in [0.15, 0.2) is 0 Å². The van der Waals surface area contributed by atoms with Crippen molar-refractivity contribution in [1.82, 2.24) is 14.9 Å². The molecule has 0 saturated carbocycles. The first kappa shape index (κ1) is 14.3. The molecule has 2 heterocycles. The zero-order chi connectivity index (χ0) is 14.8. The van der Waals surface area contributed by atoms with E-state index >= 15 is 0 Å². The molecule has 1 fully saturated rings. The Morgan fingerprint density at radius 3 is 2.95 bits per heavy atom. The first-order valence-electron chi connectivity index (χ1n) is 7.58. The molecule has 4 heteroatoms. The molecule has 3 rings (SSSR count). The van der Waals surface area contributed by atoms with Crippen molar-refractivity contribution in [3.8, 4) is 0 Å². The summed E-state index contributed by atoms with van der Waals surface area (Å²) >= 11 is 0. The van der Waals surface area contributed by atoms with Crippen molar-refractivity contribution in [2.45, 2.75) is 33.2 Å². The number of aromatic amines is 1. The lowest BCUT2D eigenvalue weighted by molar-refractivity contribution is 0.312. The second-order valence-corrected chi connectivity index (χ2v) is 6.15. The van der Waals surface area contributed by atoms with Gasteiger partial charge in [-0.25, -0.2) is 9.37 Å². The van der Waals surface area contributed by atoms with Crippen LogP contribution in [0.15, 0.2) is 24.5 Å². The summed E-state index contributed by atoms with van der Waals surface area (Å²) < 4.78 is 13.6. The van der Waals surface area contributed by atoms with E-state index in [-0.39, 0.29) is 5.82 Å². The SMILES string of the molecule is Cc1ccc(CC2CCN(Cc3nc[nH]c3C)C2)cc1F. The van der Waals surface area contributed by atoms with Crippen molar-refractivity contribution in [3.63, 3.8) is 0 Å². The maximum absolute atomic E-state index is 13.6. The number of rotatable bonds is 4. The largest absolute Gasteiger partial charge is 0.348 e. The second-order valence-electron chi connectivity index (χ2n) is 6.15. The van der Waals surface area contributed by atoms with Crippen LogP contribution in [0, 0.1) is 25.6 Å². The smallest absolute Gasteiger partial charge is 0.126 e. The normalized spacial score (nSPS) is 19.3. The van der Waals surface area contributed by atoms with Crippen LogP contribution < -0.4 is 0 Å². The molecule has 2 aromatic rings. The van der Waals surface area contributed by atoms with Gasteiger partial charge >= 0.3 is 0 Å². The molecule has 21 heavy (non-hydrogen) atoms. The van der Waals surface area contributed by atoms with Gasteiger partial charge in [-0.1, -0.05) is 12.1 Å². The highest BCUT2D eigenvalue weighted by Crippen LogP contribution is 2.23. The van der Waals surface area contributed by atoms with Crippen molar-refractivity contribution in [2.24, 2.45) is 5.92 Å². The molecule has 3 nitrogen and oxygen atoms in total. The van der Waals surface area contributed by atoms with Gasteiger partial charge < -0.3 is 4.98 Å². The molecule has 112 valence electrons. The van der Waals surface area contributed by atoms with Crippen molar-refractivity contribution >= 4 is 0 Å². The molecule has 1 unspecified atom stereocenters. The van der Waals surface area contributed by atoms with Gasteiger partial charge in [0.25, 0.3) is 0 Å². The van der Waals surface area contributed by atoms with Crippen LogP contribution in [-0.4, -0.2) is 28.0 Å². The van der Waals surface area contributed by atoms with Crippen molar-refractivity contribution < 1.29 is 4.39 Å². The van der Waals surface area contributed by atoms with E-state index < -0.39 is 0 Å². The third kappa shape index (κ3) is 3.32. The fraction of sp³-hybridized carbons (Fsp3) is 0.471. The van der Waals surface area contributed by atoms with E-state index in [2.05, 4.69) is 27.9 Å². The van der Waals surface area contributed by atoms with E-state index in [9.17, 15) is 4.39 Å². The molecule has 1 aromatic heterocycles. The Labute approximate surface area is 125 Å². The highest BCUT2D eigenvalue weighted by Gasteiger charge is 2.23. The van der Waals surface area contributed by atoms with Gasteiger partial charge in [-0.2, -0.15) is 0 Å². The average molecular weight is 287 g/mol. The molecule has 1 aromatic carbocycles. The summed E-state index contributed by atoms with van der Waals surface area (Å²) in [5.74, 6) is 0.529. The van der Waals surface area contributed by atoms with E-state index in [0.717, 1.165) is 48.6 Å². The fourth-order valence-corrected chi connectivity index (χ4v) is 3.08. The van der Waals surface area contributed by atoms with Crippen molar-refractivity contribution in [3.05, 3.63) is 52.9 Å². The average Bonchev–Trinajstić information content (AvgIpc) is 3.05. The van der Waals surface area contributed by atoms with Gasteiger partial charge in [0.1, 0.15) is 5.82 Å². The Hall–Kier alpha value is -1.68. The molecule has 1 saturated heterocycles. The van der Waals surface area contributed by atoms with Crippen LogP contribution in [0.1, 0.15) is 28.9 Å². The molecule has 0 aliphatic carbocycles. The zero-order valence-corrected chi connectivity index (χ0v) is 12.7. The summed E-state index contributed by atoms with van der Waals surface area (Å²) in [6, 6.07) is 5.62. The highest BCUT2D eigenvalue weighted by molar-refractivity contribution is 5.23. The van der Waals surface area contributed by atoms with E-state index in [1.165, 1.54) is 6.42 Å². The minimum Gasteiger partial charge on any atom is -0.348 e. The number of aromatic nitrogens is 2. The van der Waals surface area contributed by atoms with Crippen LogP contribution in [0.2, 0.25) is 0 Å². The molecule has 1 atom stereocenters. The van der Waals surface area contributed by atoms with Crippen LogP contribution >= 0.6 is 0 Å². The molecule has 1 aliphatic rings. The lowest BCUT2D eigenvalue weighted by Crippen LogP contribution is -2.21. The molecule has 0 amide bonds. The van der Waals surface area contributed by atoms with E-state index in [4.69, 9.17) is 0 Å². The molecule has 1 N–H and O–H groups in total. The van der Waals surface area contributed by atoms with Crippen LogP contribution in [0.5, 0.6) is 0 Å². The molecular weight excluding hydrogens is 265 g/mol. The maximum atomic E-state index is 13.6. The van der Waals surface area contributed by atoms with Crippen LogP contribution in [0.3, 0.4) is 0 Å². The van der Waals surface area contributed by atoms with E-state index in [1.54, 1.807) is 12.4 Å². The number of aryl methyl sites for hydroxylation is 2. The molecule has 0 spiro atoms. The third-order valence-electron chi connectivity index (χ3n) is 4.44. The maximum Gasteiger partial charge on any atom is 0.126 e. The number of benzene rings is 1. The topological polar surface area (TPSA) is 31.9 Å². The van der Waals surface area contributed by atoms with Crippen LogP contribution in [0.25, 0.3) is 0 Å². The van der Waals surface area contributed by atoms with Gasteiger partial charge in [0.05, 0.1) is 12.0 Å². The Morgan fingerprint density at radius 2 is 2.24 bits per heavy atom. The molecule has 1 aliphatic heterocycles. The minimum absolute atomic E-state index is 0.0884. The Kier molecular flexibility index (Phi) is 4.06. The number of nitrogens with one attached hydrogen (secondary N) is 1. The number of nitrogens with zero attached hydrogens (tertiary/aromatic N) is 2. The number of H-pyrrole nitrogens is 1. The summed E-state index contributed by atoms with van der Waals surface area (Å²) in [5.41, 5.74) is 4.12. The van der Waals surface area contributed by atoms with E-state index in [1.807, 2.05) is 13.0 Å². The molecular formula is C17H22FN3. The highest BCUT2D eigenvalue weighted by atomic mass is 19.1. The van der Waals surface area contributed by atoms with E-state index in [0.29, 0.717) is 5.92 Å². The number of hydrogen-bond donors (Lipinski definition) is 1. The quantitative estimate of drug-likeness (QED) is 0.936. The van der Waals surface area contributed by atoms with Crippen molar-refractivity contribution in [2.75, 3.05) is 13.1 Å². The second kappa shape index (κ2) is 5.98. The summed E-state index contributed by atoms with van der Waals surface area (Å²) in [7, 11) is 0. The van der Waals surface area contributed by atoms with Gasteiger partial charge in [0.2, 0.25) is 0 Å². The lowest BCUT2D eigenvalue weighted by Gasteiger charge is -2.15. The first-order chi connectivity index (χ1) is 10.1. The monoisotopic (exact) mass is 287 g/mol. The Bertz CT molecular complexity index is 620. The summed E-state index contributed by atoms with van der Waals surface area (Å²) in [5, 5.41) is 0. The summed E-state index contributed by atoms with van der Waals surface area (Å²) in [4.78, 5) is 9.93. The number of hydrogen-bond acceptors (Lipinski definition) is 2. The fourth-order valence-electron chi connectivity index (χ4n) is 3.08. The lowest BCUT2D eigenvalue weighted by atomic mass is 9.98. The van der Waals surface area contributed by atoms with Gasteiger partial charge in [0, 0.05) is 18.8 Å². The predicted molar refractivity (Wildman–Crippen MR) is 81.5 cm³/mol. The number of likely N-dealkylation sites (tertiary alicyclic amines) is 1. The Balaban J connectivity index is 1.57. The van der Waals surface area contributed by atoms with Gasteiger partial charge in [-0.15, -0.1) is 0 Å². The first-order valence-corrected chi connectivity index (χ1v) is 7.58. The number of imidazole rings is 1. The minimum atomic E-state index is -0.0884. The predicted octanol–water partition coefficient (Wildman–Crippen LogP) is 3.23. The zero-order valence-electron chi connectivity index (χ0n) is 12.7. The number of halogens is 1. The van der Waals surface area contributed by atoms with Crippen LogP contribution in [-0.2, 0) is 13.0 Å². The summed E-state index contributed by atoms with van der Waals surface area (Å²) in [6.45, 7) is 6.95. The van der Waals surface area contributed by atoms with Gasteiger partial charge in [-0.3, -0.25) is 4.90 Å². The Morgan fingerprint density at radius 1 is 1.38 bits per heavy atom. The third-order valence-corrected chi connectivity index (χ3v) is 4.44. The van der Waals surface area contributed by atoms with Gasteiger partial charge in [-0.05, 0) is 56.3 Å². The summed E-state index contributed by atoms with van der Waals surface area (Å²) in [6.07, 6.45) is 3.90. The molecule has 0 radical (unpaired) electrons. The molecule has 0 bridgehead atoms.